The highest BCUT2D eigenvalue weighted by molar-refractivity contribution is 4.73. The van der Waals surface area contributed by atoms with Crippen molar-refractivity contribution in [2.45, 2.75) is 52.6 Å². The van der Waals surface area contributed by atoms with Crippen LogP contribution < -0.4 is 5.32 Å². The van der Waals surface area contributed by atoms with Gasteiger partial charge in [-0.1, -0.05) is 0 Å². The monoisotopic (exact) mass is 255 g/mol. The summed E-state index contributed by atoms with van der Waals surface area (Å²) in [7, 11) is 2.24. The second-order valence-corrected chi connectivity index (χ2v) is 6.40. The van der Waals surface area contributed by atoms with Crippen LogP contribution in [0, 0.1) is 5.92 Å². The predicted octanol–water partition coefficient (Wildman–Crippen LogP) is 2.04. The van der Waals surface area contributed by atoms with Crippen molar-refractivity contribution in [3.63, 3.8) is 0 Å². The summed E-state index contributed by atoms with van der Waals surface area (Å²) in [6.45, 7) is 15.2. The van der Waals surface area contributed by atoms with Gasteiger partial charge < -0.3 is 10.2 Å². The minimum Gasteiger partial charge on any atom is -0.315 e. The molecule has 1 unspecified atom stereocenters. The first-order valence-electron chi connectivity index (χ1n) is 7.65. The molecule has 0 saturated carbocycles. The van der Waals surface area contributed by atoms with Crippen LogP contribution in [-0.4, -0.2) is 61.7 Å². The normalized spacial score (nSPS) is 22.3. The van der Waals surface area contributed by atoms with Crippen LogP contribution in [0.1, 0.15) is 40.5 Å². The lowest BCUT2D eigenvalue weighted by atomic mass is 9.98. The van der Waals surface area contributed by atoms with Crippen LogP contribution in [-0.2, 0) is 0 Å². The fraction of sp³-hybridized carbons (Fsp3) is 1.00. The molecule has 1 aliphatic rings. The number of rotatable bonds is 7. The minimum absolute atomic E-state index is 0.646. The molecule has 0 aliphatic carbocycles. The molecule has 3 heteroatoms. The number of hydrogen-bond donors (Lipinski definition) is 1. The molecule has 1 saturated heterocycles. The van der Waals surface area contributed by atoms with E-state index in [4.69, 9.17) is 0 Å². The zero-order valence-electron chi connectivity index (χ0n) is 13.1. The van der Waals surface area contributed by atoms with Gasteiger partial charge in [-0.3, -0.25) is 4.90 Å². The highest BCUT2D eigenvalue weighted by Crippen LogP contribution is 2.13. The molecule has 1 N–H and O–H groups in total. The second-order valence-electron chi connectivity index (χ2n) is 6.40. The Hall–Kier alpha value is -0.120. The fourth-order valence-electron chi connectivity index (χ4n) is 3.07. The van der Waals surface area contributed by atoms with Gasteiger partial charge in [0.2, 0.25) is 0 Å². The van der Waals surface area contributed by atoms with Gasteiger partial charge in [0.15, 0.2) is 0 Å². The molecule has 0 aromatic rings. The van der Waals surface area contributed by atoms with Gasteiger partial charge >= 0.3 is 0 Å². The lowest BCUT2D eigenvalue weighted by Gasteiger charge is -2.32. The summed E-state index contributed by atoms with van der Waals surface area (Å²) in [5, 5.41) is 3.65. The molecule has 3 nitrogen and oxygen atoms in total. The van der Waals surface area contributed by atoms with Crippen LogP contribution in [0.5, 0.6) is 0 Å². The van der Waals surface area contributed by atoms with Gasteiger partial charge in [-0.05, 0) is 66.6 Å². The molecule has 1 atom stereocenters. The number of nitrogens with one attached hydrogen (secondary N) is 1. The highest BCUT2D eigenvalue weighted by atomic mass is 15.2. The Morgan fingerprint density at radius 2 is 1.89 bits per heavy atom. The smallest absolute Gasteiger partial charge is 0.0112 e. The summed E-state index contributed by atoms with van der Waals surface area (Å²) in [5.74, 6) is 0.857. The molecule has 0 aromatic heterocycles. The van der Waals surface area contributed by atoms with E-state index < -0.39 is 0 Å². The number of nitrogens with zero attached hydrogens (tertiary/aromatic N) is 2. The molecule has 0 bridgehead atoms. The average Bonchev–Trinajstić information content (AvgIpc) is 2.27. The Bertz CT molecular complexity index is 208. The highest BCUT2D eigenvalue weighted by Gasteiger charge is 2.17. The van der Waals surface area contributed by atoms with Gasteiger partial charge in [0.05, 0.1) is 0 Å². The molecule has 1 rings (SSSR count). The quantitative estimate of drug-likeness (QED) is 0.702. The third kappa shape index (κ3) is 5.68. The van der Waals surface area contributed by atoms with Crippen molar-refractivity contribution < 1.29 is 0 Å². The molecular formula is C15H33N3. The largest absolute Gasteiger partial charge is 0.315 e. The maximum absolute atomic E-state index is 3.65. The lowest BCUT2D eigenvalue weighted by Crippen LogP contribution is -2.43. The molecule has 1 fully saturated rings. The molecule has 0 radical (unpaired) electrons. The van der Waals surface area contributed by atoms with Crippen LogP contribution in [0.25, 0.3) is 0 Å². The van der Waals surface area contributed by atoms with Crippen LogP contribution in [0.15, 0.2) is 0 Å². The van der Waals surface area contributed by atoms with E-state index >= 15 is 0 Å². The third-order valence-electron chi connectivity index (χ3n) is 4.03. The van der Waals surface area contributed by atoms with E-state index in [1.165, 1.54) is 32.5 Å². The van der Waals surface area contributed by atoms with Crippen molar-refractivity contribution in [3.8, 4) is 0 Å². The van der Waals surface area contributed by atoms with Gasteiger partial charge in [-0.25, -0.2) is 0 Å². The number of likely N-dealkylation sites (tertiary alicyclic amines) is 1. The van der Waals surface area contributed by atoms with E-state index in [1.54, 1.807) is 0 Å². The Labute approximate surface area is 114 Å². The first-order valence-corrected chi connectivity index (χ1v) is 7.65. The zero-order chi connectivity index (χ0) is 13.5. The van der Waals surface area contributed by atoms with E-state index in [9.17, 15) is 0 Å². The summed E-state index contributed by atoms with van der Waals surface area (Å²) in [4.78, 5) is 5.02. The van der Waals surface area contributed by atoms with E-state index in [0.29, 0.717) is 12.1 Å². The van der Waals surface area contributed by atoms with Gasteiger partial charge in [0.25, 0.3) is 0 Å². The van der Waals surface area contributed by atoms with Crippen molar-refractivity contribution in [2.75, 3.05) is 39.8 Å². The summed E-state index contributed by atoms with van der Waals surface area (Å²) < 4.78 is 0. The Balaban J connectivity index is 2.13. The van der Waals surface area contributed by atoms with Crippen LogP contribution >= 0.6 is 0 Å². The molecule has 1 heterocycles. The fourth-order valence-corrected chi connectivity index (χ4v) is 3.07. The van der Waals surface area contributed by atoms with Gasteiger partial charge in [-0.15, -0.1) is 0 Å². The number of piperidine rings is 1. The maximum atomic E-state index is 3.65. The Morgan fingerprint density at radius 1 is 1.22 bits per heavy atom. The molecule has 1 aliphatic heterocycles. The summed E-state index contributed by atoms with van der Waals surface area (Å²) in [5.41, 5.74) is 0. The van der Waals surface area contributed by atoms with E-state index in [1.807, 2.05) is 0 Å². The SMILES string of the molecule is CC(C)N(CCNCC1CCCN(C)C1)C(C)C. The summed E-state index contributed by atoms with van der Waals surface area (Å²) >= 11 is 0. The topological polar surface area (TPSA) is 18.5 Å². The summed E-state index contributed by atoms with van der Waals surface area (Å²) in [6, 6.07) is 1.29. The lowest BCUT2D eigenvalue weighted by molar-refractivity contribution is 0.170. The van der Waals surface area contributed by atoms with Crippen molar-refractivity contribution in [1.82, 2.24) is 15.1 Å². The van der Waals surface area contributed by atoms with Crippen LogP contribution in [0.2, 0.25) is 0 Å². The van der Waals surface area contributed by atoms with Crippen LogP contribution in [0.4, 0.5) is 0 Å². The standard InChI is InChI=1S/C15H33N3/c1-13(2)18(14(3)4)10-8-16-11-15-7-6-9-17(5)12-15/h13-16H,6-12H2,1-5H3. The van der Waals surface area contributed by atoms with E-state index in [-0.39, 0.29) is 0 Å². The first-order chi connectivity index (χ1) is 8.50. The van der Waals surface area contributed by atoms with E-state index in [0.717, 1.165) is 19.0 Å². The van der Waals surface area contributed by atoms with Gasteiger partial charge in [0, 0.05) is 31.7 Å². The van der Waals surface area contributed by atoms with Gasteiger partial charge in [0.1, 0.15) is 0 Å². The maximum Gasteiger partial charge on any atom is 0.0112 e. The zero-order valence-corrected chi connectivity index (χ0v) is 13.1. The number of hydrogen-bond acceptors (Lipinski definition) is 3. The van der Waals surface area contributed by atoms with Crippen molar-refractivity contribution in [1.29, 1.82) is 0 Å². The average molecular weight is 255 g/mol. The minimum atomic E-state index is 0.646. The molecule has 108 valence electrons. The van der Waals surface area contributed by atoms with Crippen LogP contribution in [0.3, 0.4) is 0 Å². The van der Waals surface area contributed by atoms with Crippen molar-refractivity contribution in [3.05, 3.63) is 0 Å². The van der Waals surface area contributed by atoms with Gasteiger partial charge in [-0.2, -0.15) is 0 Å². The molecule has 0 amide bonds. The Kier molecular flexibility index (Phi) is 7.20. The third-order valence-corrected chi connectivity index (χ3v) is 4.03. The molecule has 0 aromatic carbocycles. The van der Waals surface area contributed by atoms with E-state index in [2.05, 4.69) is 49.9 Å². The molecule has 0 spiro atoms. The van der Waals surface area contributed by atoms with Crippen molar-refractivity contribution in [2.24, 2.45) is 5.92 Å². The molecular weight excluding hydrogens is 222 g/mol. The predicted molar refractivity (Wildman–Crippen MR) is 80.1 cm³/mol. The van der Waals surface area contributed by atoms with Crippen molar-refractivity contribution >= 4 is 0 Å². The first kappa shape index (κ1) is 15.9. The molecule has 18 heavy (non-hydrogen) atoms. The Morgan fingerprint density at radius 3 is 2.44 bits per heavy atom. The summed E-state index contributed by atoms with van der Waals surface area (Å²) in [6.07, 6.45) is 2.77. The second kappa shape index (κ2) is 8.13.